The maximum absolute atomic E-state index is 14.6. The molecule has 0 spiro atoms. The van der Waals surface area contributed by atoms with Crippen LogP contribution in [0.5, 0.6) is 5.75 Å². The normalized spacial score (nSPS) is 21.1. The number of phenolic OH excluding ortho intramolecular Hbond substituents is 1. The second-order valence-electron chi connectivity index (χ2n) is 14.4. The van der Waals surface area contributed by atoms with Gasteiger partial charge in [0.2, 0.25) is 0 Å². The van der Waals surface area contributed by atoms with Crippen molar-refractivity contribution in [3.8, 4) is 22.6 Å². The molecule has 8 rings (SSSR count). The predicted octanol–water partition coefficient (Wildman–Crippen LogP) is 5.73. The fourth-order valence-electron chi connectivity index (χ4n) is 8.09. The molecule has 0 unspecified atom stereocenters. The standard InChI is InChI=1S/C40H41F2N7O4/c1-24-19-46(20-25(2)53-24)21-27-15-34(50)11-12-35(27)26-4-3-5-33(14-26)48-38-36(16-29(42)17-44-38)39(51)49(40(48)52)32-9-7-30(8-10-32)43-18-31-23-47-22-28(41)6-13-37(47)45-31/h3-6,11-17,22-25,30,32,43,50H,7-10,18-21H2,1-2H3/t24-,25+,30-,32+. The van der Waals surface area contributed by atoms with E-state index in [0.29, 0.717) is 50.1 Å². The average Bonchev–Trinajstić information content (AvgIpc) is 3.53. The molecule has 13 heteroatoms. The summed E-state index contributed by atoms with van der Waals surface area (Å²) < 4.78 is 38.5. The molecule has 1 aliphatic carbocycles. The zero-order chi connectivity index (χ0) is 36.8. The van der Waals surface area contributed by atoms with Gasteiger partial charge in [-0.2, -0.15) is 0 Å². The third-order valence-electron chi connectivity index (χ3n) is 10.4. The molecule has 2 N–H and O–H groups in total. The van der Waals surface area contributed by atoms with E-state index >= 15 is 0 Å². The molecule has 0 bridgehead atoms. The Hall–Kier alpha value is -5.24. The highest BCUT2D eigenvalue weighted by molar-refractivity contribution is 5.77. The zero-order valence-corrected chi connectivity index (χ0v) is 29.6. The van der Waals surface area contributed by atoms with Gasteiger partial charge >= 0.3 is 5.69 Å². The summed E-state index contributed by atoms with van der Waals surface area (Å²) in [5.74, 6) is -0.841. The fourth-order valence-corrected chi connectivity index (χ4v) is 8.09. The molecule has 5 heterocycles. The first kappa shape index (κ1) is 34.8. The second-order valence-corrected chi connectivity index (χ2v) is 14.4. The lowest BCUT2D eigenvalue weighted by atomic mass is 9.91. The monoisotopic (exact) mass is 721 g/mol. The highest BCUT2D eigenvalue weighted by atomic mass is 19.1. The first-order valence-corrected chi connectivity index (χ1v) is 18.1. The number of hydrogen-bond acceptors (Lipinski definition) is 8. The minimum Gasteiger partial charge on any atom is -0.508 e. The van der Waals surface area contributed by atoms with Gasteiger partial charge in [-0.15, -0.1) is 0 Å². The summed E-state index contributed by atoms with van der Waals surface area (Å²) in [5, 5.41) is 14.0. The van der Waals surface area contributed by atoms with Crippen molar-refractivity contribution < 1.29 is 18.6 Å². The van der Waals surface area contributed by atoms with Gasteiger partial charge in [0.15, 0.2) is 5.65 Å². The molecular formula is C40H41F2N7O4. The van der Waals surface area contributed by atoms with Gasteiger partial charge in [-0.1, -0.05) is 18.2 Å². The number of ether oxygens (including phenoxy) is 1. The van der Waals surface area contributed by atoms with Crippen LogP contribution in [0, 0.1) is 11.6 Å². The Labute approximate surface area is 304 Å². The lowest BCUT2D eigenvalue weighted by Crippen LogP contribution is -2.44. The number of aromatic hydroxyl groups is 1. The topological polar surface area (TPSA) is 119 Å². The van der Waals surface area contributed by atoms with E-state index in [1.807, 2.05) is 24.3 Å². The minimum absolute atomic E-state index is 0.0272. The number of nitrogens with one attached hydrogen (secondary N) is 1. The third kappa shape index (κ3) is 7.11. The molecule has 4 aromatic heterocycles. The number of fused-ring (bicyclic) bond motifs is 2. The van der Waals surface area contributed by atoms with Crippen LogP contribution in [0.3, 0.4) is 0 Å². The quantitative estimate of drug-likeness (QED) is 0.205. The number of nitrogens with zero attached hydrogens (tertiary/aromatic N) is 6. The first-order chi connectivity index (χ1) is 25.6. The number of phenols is 1. The SMILES string of the molecule is C[C@@H]1CN(Cc2cc(O)ccc2-c2cccc(-n3c(=O)n([C@H]4CC[C@@H](NCc5cn6cc(F)ccc6n5)CC4)c(=O)c4cc(F)cnc43)c2)C[C@H](C)O1. The van der Waals surface area contributed by atoms with E-state index < -0.39 is 23.1 Å². The van der Waals surface area contributed by atoms with E-state index in [1.165, 1.54) is 21.4 Å². The Bertz CT molecular complexity index is 2430. The number of pyridine rings is 2. The fraction of sp³-hybridized carbons (Fsp3) is 0.350. The Morgan fingerprint density at radius 2 is 1.72 bits per heavy atom. The van der Waals surface area contributed by atoms with Crippen LogP contribution in [-0.4, -0.2) is 64.8 Å². The summed E-state index contributed by atoms with van der Waals surface area (Å²) in [6, 6.07) is 16.6. The lowest BCUT2D eigenvalue weighted by molar-refractivity contribution is -0.0704. The van der Waals surface area contributed by atoms with Crippen molar-refractivity contribution in [1.29, 1.82) is 0 Å². The van der Waals surface area contributed by atoms with Crippen LogP contribution >= 0.6 is 0 Å². The van der Waals surface area contributed by atoms with Crippen LogP contribution in [0.25, 0.3) is 33.5 Å². The highest BCUT2D eigenvalue weighted by Crippen LogP contribution is 2.32. The van der Waals surface area contributed by atoms with Crippen molar-refractivity contribution in [1.82, 2.24) is 33.7 Å². The molecule has 2 aromatic carbocycles. The molecule has 6 aromatic rings. The summed E-state index contributed by atoms with van der Waals surface area (Å²) in [6.07, 6.45) is 6.91. The third-order valence-corrected chi connectivity index (χ3v) is 10.4. The Kier molecular flexibility index (Phi) is 9.39. The predicted molar refractivity (Wildman–Crippen MR) is 197 cm³/mol. The van der Waals surface area contributed by atoms with Crippen molar-refractivity contribution in [3.63, 3.8) is 0 Å². The smallest absolute Gasteiger partial charge is 0.337 e. The number of imidazole rings is 1. The van der Waals surface area contributed by atoms with E-state index in [0.717, 1.165) is 47.7 Å². The second kappa shape index (κ2) is 14.3. The number of morpholine rings is 1. The molecule has 274 valence electrons. The Balaban J connectivity index is 1.09. The average molecular weight is 722 g/mol. The molecule has 1 saturated heterocycles. The van der Waals surface area contributed by atoms with E-state index in [2.05, 4.69) is 34.0 Å². The molecule has 1 aliphatic heterocycles. The molecule has 0 amide bonds. The van der Waals surface area contributed by atoms with E-state index in [-0.39, 0.29) is 40.8 Å². The Morgan fingerprint density at radius 3 is 2.51 bits per heavy atom. The largest absolute Gasteiger partial charge is 0.508 e. The molecule has 0 radical (unpaired) electrons. The van der Waals surface area contributed by atoms with E-state index in [4.69, 9.17) is 4.74 Å². The number of rotatable bonds is 8. The van der Waals surface area contributed by atoms with Gasteiger partial charge in [0, 0.05) is 50.7 Å². The lowest BCUT2D eigenvalue weighted by Gasteiger charge is -2.35. The van der Waals surface area contributed by atoms with Crippen LogP contribution in [0.2, 0.25) is 0 Å². The van der Waals surface area contributed by atoms with Gasteiger partial charge in [-0.25, -0.2) is 28.1 Å². The number of hydrogen-bond donors (Lipinski definition) is 2. The summed E-state index contributed by atoms with van der Waals surface area (Å²) in [6.45, 7) is 6.70. The molecular weight excluding hydrogens is 680 g/mol. The number of aromatic nitrogens is 5. The van der Waals surface area contributed by atoms with Crippen molar-refractivity contribution in [2.24, 2.45) is 0 Å². The van der Waals surface area contributed by atoms with Gasteiger partial charge in [0.05, 0.1) is 35.2 Å². The first-order valence-electron chi connectivity index (χ1n) is 18.1. The molecule has 2 aliphatic rings. The number of halogens is 2. The van der Waals surface area contributed by atoms with Crippen molar-refractivity contribution >= 4 is 16.7 Å². The number of benzene rings is 2. The minimum atomic E-state index is -0.664. The Morgan fingerprint density at radius 1 is 0.925 bits per heavy atom. The zero-order valence-electron chi connectivity index (χ0n) is 29.6. The van der Waals surface area contributed by atoms with Crippen LogP contribution in [-0.2, 0) is 17.8 Å². The van der Waals surface area contributed by atoms with Crippen molar-refractivity contribution in [2.75, 3.05) is 13.1 Å². The summed E-state index contributed by atoms with van der Waals surface area (Å²) in [5.41, 5.74) is 3.55. The van der Waals surface area contributed by atoms with Crippen LogP contribution in [0.4, 0.5) is 8.78 Å². The molecule has 1 saturated carbocycles. The van der Waals surface area contributed by atoms with Crippen LogP contribution in [0.15, 0.2) is 88.8 Å². The van der Waals surface area contributed by atoms with Gasteiger partial charge in [-0.05, 0) is 98.7 Å². The van der Waals surface area contributed by atoms with Crippen molar-refractivity contribution in [2.45, 2.75) is 76.9 Å². The maximum atomic E-state index is 14.6. The molecule has 2 atom stereocenters. The molecule has 53 heavy (non-hydrogen) atoms. The van der Waals surface area contributed by atoms with Crippen LogP contribution < -0.4 is 16.6 Å². The highest BCUT2D eigenvalue weighted by Gasteiger charge is 2.28. The van der Waals surface area contributed by atoms with Crippen LogP contribution in [0.1, 0.15) is 56.8 Å². The van der Waals surface area contributed by atoms with E-state index in [1.54, 1.807) is 34.9 Å². The summed E-state index contributed by atoms with van der Waals surface area (Å²) >= 11 is 0. The van der Waals surface area contributed by atoms with Gasteiger partial charge in [0.1, 0.15) is 23.0 Å². The molecule has 11 nitrogen and oxygen atoms in total. The van der Waals surface area contributed by atoms with Gasteiger partial charge in [0.25, 0.3) is 5.56 Å². The van der Waals surface area contributed by atoms with Gasteiger partial charge in [-0.3, -0.25) is 14.3 Å². The van der Waals surface area contributed by atoms with Gasteiger partial charge < -0.3 is 19.6 Å². The summed E-state index contributed by atoms with van der Waals surface area (Å²) in [4.78, 5) is 39.5. The van der Waals surface area contributed by atoms with Crippen molar-refractivity contribution in [3.05, 3.63) is 123 Å². The summed E-state index contributed by atoms with van der Waals surface area (Å²) in [7, 11) is 0. The molecule has 2 fully saturated rings. The maximum Gasteiger partial charge on any atom is 0.337 e. The van der Waals surface area contributed by atoms with E-state index in [9.17, 15) is 23.5 Å².